The van der Waals surface area contributed by atoms with Crippen molar-refractivity contribution in [3.63, 3.8) is 0 Å². The fourth-order valence-electron chi connectivity index (χ4n) is 0.896. The zero-order valence-corrected chi connectivity index (χ0v) is 9.36. The predicted molar refractivity (Wildman–Crippen MR) is 58.8 cm³/mol. The van der Waals surface area contributed by atoms with E-state index in [4.69, 9.17) is 17.3 Å². The Morgan fingerprint density at radius 3 is 2.93 bits per heavy atom. The first-order valence-electron chi connectivity index (χ1n) is 4.23. The van der Waals surface area contributed by atoms with Crippen LogP contribution in [0.15, 0.2) is 17.2 Å². The topological polar surface area (TPSA) is 56.0 Å². The Hall–Kier alpha value is -0.740. The average Bonchev–Trinajstić information content (AvgIpc) is 2.14. The first-order valence-corrected chi connectivity index (χ1v) is 5.60. The van der Waals surface area contributed by atoms with Crippen molar-refractivity contribution >= 4 is 29.3 Å². The van der Waals surface area contributed by atoms with E-state index < -0.39 is 5.91 Å². The highest BCUT2D eigenvalue weighted by Gasteiger charge is 2.05. The van der Waals surface area contributed by atoms with Crippen LogP contribution in [0.2, 0.25) is 5.15 Å². The van der Waals surface area contributed by atoms with Gasteiger partial charge in [0.15, 0.2) is 0 Å². The highest BCUT2D eigenvalue weighted by Crippen LogP contribution is 2.20. The Bertz CT molecular complexity index is 344. The van der Waals surface area contributed by atoms with Crippen molar-refractivity contribution in [2.24, 2.45) is 5.73 Å². The van der Waals surface area contributed by atoms with Crippen LogP contribution in [0.1, 0.15) is 23.7 Å². The Balaban J connectivity index is 2.89. The van der Waals surface area contributed by atoms with E-state index in [2.05, 4.69) is 11.9 Å². The summed E-state index contributed by atoms with van der Waals surface area (Å²) in [5.74, 6) is 0.471. The summed E-state index contributed by atoms with van der Waals surface area (Å²) >= 11 is 7.30. The zero-order chi connectivity index (χ0) is 10.6. The predicted octanol–water partition coefficient (Wildman–Crippen LogP) is 2.34. The number of halogens is 1. The van der Waals surface area contributed by atoms with Crippen LogP contribution < -0.4 is 5.73 Å². The number of amides is 1. The fraction of sp³-hybridized carbons (Fsp3) is 0.333. The van der Waals surface area contributed by atoms with Gasteiger partial charge in [-0.3, -0.25) is 4.79 Å². The van der Waals surface area contributed by atoms with Crippen LogP contribution >= 0.6 is 23.4 Å². The van der Waals surface area contributed by atoms with Gasteiger partial charge in [0, 0.05) is 5.56 Å². The van der Waals surface area contributed by atoms with Gasteiger partial charge in [0.2, 0.25) is 5.91 Å². The minimum absolute atomic E-state index is 0.305. The molecular weight excluding hydrogens is 220 g/mol. The first-order chi connectivity index (χ1) is 6.63. The third-order valence-corrected chi connectivity index (χ3v) is 2.82. The largest absolute Gasteiger partial charge is 0.366 e. The molecule has 0 unspecified atom stereocenters. The van der Waals surface area contributed by atoms with Gasteiger partial charge in [-0.1, -0.05) is 18.5 Å². The molecular formula is C9H11ClN2OS. The minimum Gasteiger partial charge on any atom is -0.366 e. The van der Waals surface area contributed by atoms with Crippen LogP contribution in [0, 0.1) is 0 Å². The number of nitrogens with two attached hydrogens (primary N) is 1. The molecule has 0 aliphatic rings. The van der Waals surface area contributed by atoms with Crippen molar-refractivity contribution in [1.29, 1.82) is 0 Å². The minimum atomic E-state index is -0.479. The summed E-state index contributed by atoms with van der Waals surface area (Å²) in [6.07, 6.45) is 1.05. The lowest BCUT2D eigenvalue weighted by Gasteiger charge is -2.02. The number of carbonyl (C=O) groups excluding carboxylic acids is 1. The molecule has 0 aromatic carbocycles. The van der Waals surface area contributed by atoms with E-state index >= 15 is 0 Å². The third-order valence-electron chi connectivity index (χ3n) is 1.51. The molecule has 1 aromatic rings. The quantitative estimate of drug-likeness (QED) is 0.638. The molecule has 0 spiro atoms. The molecule has 0 fully saturated rings. The molecule has 1 rings (SSSR count). The molecule has 0 atom stereocenters. The highest BCUT2D eigenvalue weighted by molar-refractivity contribution is 7.99. The van der Waals surface area contributed by atoms with Crippen molar-refractivity contribution in [1.82, 2.24) is 4.98 Å². The molecule has 1 amide bonds. The Labute approximate surface area is 92.0 Å². The third kappa shape index (κ3) is 3.20. The summed E-state index contributed by atoms with van der Waals surface area (Å²) in [6, 6.07) is 3.13. The highest BCUT2D eigenvalue weighted by atomic mass is 35.5. The number of nitrogens with zero attached hydrogens (tertiary/aromatic N) is 1. The average molecular weight is 231 g/mol. The molecule has 0 bridgehead atoms. The second kappa shape index (κ2) is 5.22. The summed E-state index contributed by atoms with van der Waals surface area (Å²) in [5, 5.41) is 1.05. The van der Waals surface area contributed by atoms with Crippen molar-refractivity contribution < 1.29 is 4.79 Å². The van der Waals surface area contributed by atoms with E-state index in [1.807, 2.05) is 0 Å². The number of aromatic nitrogens is 1. The summed E-state index contributed by atoms with van der Waals surface area (Å²) in [6.45, 7) is 2.08. The van der Waals surface area contributed by atoms with Crippen LogP contribution in [-0.2, 0) is 0 Å². The Morgan fingerprint density at radius 2 is 2.36 bits per heavy atom. The Morgan fingerprint density at radius 1 is 1.64 bits per heavy atom. The monoisotopic (exact) mass is 230 g/mol. The molecule has 14 heavy (non-hydrogen) atoms. The molecule has 5 heteroatoms. The summed E-state index contributed by atoms with van der Waals surface area (Å²) in [4.78, 5) is 15.0. The normalized spacial score (nSPS) is 10.1. The molecule has 1 aromatic heterocycles. The summed E-state index contributed by atoms with van der Waals surface area (Å²) in [7, 11) is 0. The molecule has 0 aliphatic heterocycles. The van der Waals surface area contributed by atoms with Gasteiger partial charge in [-0.25, -0.2) is 4.98 Å². The molecule has 0 saturated heterocycles. The number of primary amides is 1. The smallest absolute Gasteiger partial charge is 0.248 e. The van der Waals surface area contributed by atoms with Crippen molar-refractivity contribution in [3.05, 3.63) is 22.8 Å². The molecule has 0 radical (unpaired) electrons. The van der Waals surface area contributed by atoms with Crippen molar-refractivity contribution in [2.75, 3.05) is 5.75 Å². The number of thioether (sulfide) groups is 1. The lowest BCUT2D eigenvalue weighted by molar-refractivity contribution is 0.1000. The number of carbonyl (C=O) groups is 1. The maximum atomic E-state index is 10.9. The van der Waals surface area contributed by atoms with Crippen molar-refractivity contribution in [2.45, 2.75) is 18.4 Å². The van der Waals surface area contributed by atoms with Crippen LogP contribution in [0.25, 0.3) is 0 Å². The van der Waals surface area contributed by atoms with Gasteiger partial charge in [0.1, 0.15) is 5.15 Å². The van der Waals surface area contributed by atoms with Gasteiger partial charge in [-0.05, 0) is 24.3 Å². The van der Waals surface area contributed by atoms with E-state index in [-0.39, 0.29) is 0 Å². The van der Waals surface area contributed by atoms with Gasteiger partial charge in [-0.2, -0.15) is 0 Å². The number of hydrogen-bond donors (Lipinski definition) is 1. The van der Waals surface area contributed by atoms with E-state index in [0.717, 1.165) is 17.2 Å². The van der Waals surface area contributed by atoms with E-state index in [0.29, 0.717) is 10.7 Å². The second-order valence-electron chi connectivity index (χ2n) is 2.73. The van der Waals surface area contributed by atoms with Crippen LogP contribution in [0.5, 0.6) is 0 Å². The maximum absolute atomic E-state index is 10.9. The number of hydrogen-bond acceptors (Lipinski definition) is 3. The molecule has 76 valence electrons. The number of pyridine rings is 1. The lowest BCUT2D eigenvalue weighted by atomic mass is 10.3. The SMILES string of the molecule is CCCSc1cc(C(N)=O)cc(Cl)n1. The molecule has 2 N–H and O–H groups in total. The van der Waals surface area contributed by atoms with Crippen LogP contribution in [0.3, 0.4) is 0 Å². The van der Waals surface area contributed by atoms with Crippen molar-refractivity contribution in [3.8, 4) is 0 Å². The Kier molecular flexibility index (Phi) is 4.22. The van der Waals surface area contributed by atoms with Gasteiger partial charge in [0.25, 0.3) is 0 Å². The lowest BCUT2D eigenvalue weighted by Crippen LogP contribution is -2.11. The standard InChI is InChI=1S/C9H11ClN2OS/c1-2-3-14-8-5-6(9(11)13)4-7(10)12-8/h4-5H,2-3H2,1H3,(H2,11,13). The van der Waals surface area contributed by atoms with Gasteiger partial charge < -0.3 is 5.73 Å². The van der Waals surface area contributed by atoms with E-state index in [9.17, 15) is 4.79 Å². The first kappa shape index (κ1) is 11.3. The van der Waals surface area contributed by atoms with Gasteiger partial charge in [0.05, 0.1) is 5.03 Å². The molecule has 0 saturated carbocycles. The zero-order valence-electron chi connectivity index (χ0n) is 7.79. The molecule has 0 aliphatic carbocycles. The molecule has 1 heterocycles. The van der Waals surface area contributed by atoms with Gasteiger partial charge in [-0.15, -0.1) is 11.8 Å². The van der Waals surface area contributed by atoms with E-state index in [1.165, 1.54) is 6.07 Å². The fourth-order valence-corrected chi connectivity index (χ4v) is 1.94. The summed E-state index contributed by atoms with van der Waals surface area (Å²) in [5.41, 5.74) is 5.55. The molecule has 3 nitrogen and oxygen atoms in total. The van der Waals surface area contributed by atoms with Crippen LogP contribution in [-0.4, -0.2) is 16.6 Å². The van der Waals surface area contributed by atoms with Crippen LogP contribution in [0.4, 0.5) is 0 Å². The van der Waals surface area contributed by atoms with Gasteiger partial charge >= 0.3 is 0 Å². The van der Waals surface area contributed by atoms with E-state index in [1.54, 1.807) is 17.8 Å². The second-order valence-corrected chi connectivity index (χ2v) is 4.23. The maximum Gasteiger partial charge on any atom is 0.248 e. The summed E-state index contributed by atoms with van der Waals surface area (Å²) < 4.78 is 0. The number of rotatable bonds is 4.